The Kier molecular flexibility index (Phi) is 6.32. The standard InChI is InChI=1S/C24H26N4O3S/c1-14(2)13-32-24-25-22-21(26-27-24)18-12-15(3)10-11-19(18)28(16(4)29)23(31-22)17-8-6-7-9-20(17)30-5/h6-12,14,23H,13H2,1-5H3/t23-/m1/s1. The molecular formula is C24H26N4O3S. The highest BCUT2D eigenvalue weighted by Crippen LogP contribution is 2.45. The van der Waals surface area contributed by atoms with Gasteiger partial charge in [-0.3, -0.25) is 9.69 Å². The van der Waals surface area contributed by atoms with Gasteiger partial charge in [-0.2, -0.15) is 4.98 Å². The van der Waals surface area contributed by atoms with Crippen LogP contribution in [0.3, 0.4) is 0 Å². The molecule has 32 heavy (non-hydrogen) atoms. The van der Waals surface area contributed by atoms with Gasteiger partial charge < -0.3 is 9.47 Å². The van der Waals surface area contributed by atoms with E-state index in [1.54, 1.807) is 12.0 Å². The molecule has 0 fully saturated rings. The highest BCUT2D eigenvalue weighted by Gasteiger charge is 2.36. The molecule has 1 amide bonds. The van der Waals surface area contributed by atoms with Gasteiger partial charge in [-0.05, 0) is 37.1 Å². The van der Waals surface area contributed by atoms with Gasteiger partial charge >= 0.3 is 0 Å². The van der Waals surface area contributed by atoms with E-state index in [9.17, 15) is 4.79 Å². The molecule has 0 N–H and O–H groups in total. The molecule has 0 spiro atoms. The van der Waals surface area contributed by atoms with E-state index in [1.165, 1.54) is 18.7 Å². The minimum absolute atomic E-state index is 0.166. The van der Waals surface area contributed by atoms with Crippen molar-refractivity contribution in [2.45, 2.75) is 39.1 Å². The van der Waals surface area contributed by atoms with Crippen molar-refractivity contribution < 1.29 is 14.3 Å². The van der Waals surface area contributed by atoms with Gasteiger partial charge in [0.05, 0.1) is 18.4 Å². The van der Waals surface area contributed by atoms with Gasteiger partial charge in [0.1, 0.15) is 5.75 Å². The van der Waals surface area contributed by atoms with E-state index in [4.69, 9.17) is 9.47 Å². The van der Waals surface area contributed by atoms with Gasteiger partial charge in [-0.15, -0.1) is 10.2 Å². The van der Waals surface area contributed by atoms with E-state index in [2.05, 4.69) is 29.0 Å². The van der Waals surface area contributed by atoms with E-state index in [0.29, 0.717) is 34.1 Å². The molecule has 0 saturated heterocycles. The van der Waals surface area contributed by atoms with Crippen LogP contribution in [0.25, 0.3) is 11.3 Å². The number of aryl methyl sites for hydroxylation is 1. The summed E-state index contributed by atoms with van der Waals surface area (Å²) in [6, 6.07) is 13.4. The average Bonchev–Trinajstić information content (AvgIpc) is 2.91. The lowest BCUT2D eigenvalue weighted by atomic mass is 10.0. The van der Waals surface area contributed by atoms with E-state index in [1.807, 2.05) is 49.4 Å². The molecule has 1 aliphatic rings. The normalized spacial score (nSPS) is 14.9. The molecule has 2 aromatic carbocycles. The number of fused-ring (bicyclic) bond motifs is 3. The second-order valence-corrected chi connectivity index (χ2v) is 9.06. The van der Waals surface area contributed by atoms with Crippen LogP contribution in [0.1, 0.15) is 38.1 Å². The molecule has 0 saturated carbocycles. The fourth-order valence-electron chi connectivity index (χ4n) is 3.59. The predicted octanol–water partition coefficient (Wildman–Crippen LogP) is 5.05. The highest BCUT2D eigenvalue weighted by molar-refractivity contribution is 7.99. The molecule has 4 rings (SSSR count). The van der Waals surface area contributed by atoms with Crippen LogP contribution in [-0.2, 0) is 4.79 Å². The number of carbonyl (C=O) groups excluding carboxylic acids is 1. The minimum atomic E-state index is -0.772. The third-order valence-corrected chi connectivity index (χ3v) is 6.31. The number of para-hydroxylation sites is 1. The van der Waals surface area contributed by atoms with E-state index in [0.717, 1.165) is 22.4 Å². The summed E-state index contributed by atoms with van der Waals surface area (Å²) in [6.45, 7) is 7.80. The van der Waals surface area contributed by atoms with E-state index in [-0.39, 0.29) is 5.91 Å². The number of carbonyl (C=O) groups is 1. The number of benzene rings is 2. The number of hydrogen-bond donors (Lipinski definition) is 0. The summed E-state index contributed by atoms with van der Waals surface area (Å²) in [5.74, 6) is 2.16. The molecule has 0 aliphatic carbocycles. The van der Waals surface area contributed by atoms with Crippen LogP contribution in [0.4, 0.5) is 5.69 Å². The topological polar surface area (TPSA) is 77.4 Å². The van der Waals surface area contributed by atoms with Gasteiger partial charge in [-0.25, -0.2) is 0 Å². The first-order chi connectivity index (χ1) is 15.4. The van der Waals surface area contributed by atoms with Crippen molar-refractivity contribution in [2.24, 2.45) is 5.92 Å². The number of rotatable bonds is 5. The Hall–Kier alpha value is -3.13. The molecule has 0 bridgehead atoms. The summed E-state index contributed by atoms with van der Waals surface area (Å²) in [5.41, 5.74) is 3.72. The Labute approximate surface area is 192 Å². The predicted molar refractivity (Wildman–Crippen MR) is 125 cm³/mol. The van der Waals surface area contributed by atoms with Crippen LogP contribution in [0.2, 0.25) is 0 Å². The third kappa shape index (κ3) is 4.27. The van der Waals surface area contributed by atoms with Gasteiger partial charge in [0.25, 0.3) is 0 Å². The monoisotopic (exact) mass is 450 g/mol. The minimum Gasteiger partial charge on any atom is -0.496 e. The Balaban J connectivity index is 1.93. The summed E-state index contributed by atoms with van der Waals surface area (Å²) in [5, 5.41) is 9.35. The maximum absolute atomic E-state index is 12.9. The van der Waals surface area contributed by atoms with E-state index < -0.39 is 6.23 Å². The molecule has 166 valence electrons. The van der Waals surface area contributed by atoms with Crippen LogP contribution < -0.4 is 14.4 Å². The fourth-order valence-corrected chi connectivity index (χ4v) is 4.32. The second-order valence-electron chi connectivity index (χ2n) is 8.07. The maximum atomic E-state index is 12.9. The van der Waals surface area contributed by atoms with Crippen molar-refractivity contribution >= 4 is 23.4 Å². The number of methoxy groups -OCH3 is 1. The van der Waals surface area contributed by atoms with Crippen LogP contribution in [0.15, 0.2) is 47.6 Å². The highest BCUT2D eigenvalue weighted by atomic mass is 32.2. The summed E-state index contributed by atoms with van der Waals surface area (Å²) in [7, 11) is 1.60. The van der Waals surface area contributed by atoms with Crippen molar-refractivity contribution in [3.8, 4) is 22.9 Å². The summed E-state index contributed by atoms with van der Waals surface area (Å²) in [6.07, 6.45) is -0.772. The Morgan fingerprint density at radius 2 is 2.00 bits per heavy atom. The van der Waals surface area contributed by atoms with Crippen molar-refractivity contribution in [3.63, 3.8) is 0 Å². The van der Waals surface area contributed by atoms with Crippen LogP contribution in [0.5, 0.6) is 11.6 Å². The van der Waals surface area contributed by atoms with Crippen LogP contribution >= 0.6 is 11.8 Å². The van der Waals surface area contributed by atoms with Crippen molar-refractivity contribution in [1.29, 1.82) is 0 Å². The lowest BCUT2D eigenvalue weighted by Crippen LogP contribution is -2.36. The first-order valence-electron chi connectivity index (χ1n) is 10.5. The summed E-state index contributed by atoms with van der Waals surface area (Å²) < 4.78 is 12.0. The fraction of sp³-hybridized carbons (Fsp3) is 0.333. The van der Waals surface area contributed by atoms with Crippen molar-refractivity contribution in [1.82, 2.24) is 15.2 Å². The molecule has 1 aromatic heterocycles. The number of anilines is 1. The van der Waals surface area contributed by atoms with Crippen molar-refractivity contribution in [3.05, 3.63) is 53.6 Å². The molecule has 0 radical (unpaired) electrons. The summed E-state index contributed by atoms with van der Waals surface area (Å²) in [4.78, 5) is 19.2. The second kappa shape index (κ2) is 9.16. The Bertz CT molecular complexity index is 1150. The number of nitrogens with zero attached hydrogens (tertiary/aromatic N) is 4. The molecule has 1 aliphatic heterocycles. The molecule has 8 heteroatoms. The first kappa shape index (κ1) is 22.1. The van der Waals surface area contributed by atoms with Gasteiger partial charge in [0.15, 0.2) is 5.69 Å². The number of ether oxygens (including phenoxy) is 2. The third-order valence-electron chi connectivity index (χ3n) is 5.05. The number of amides is 1. The molecular weight excluding hydrogens is 424 g/mol. The number of thioether (sulfide) groups is 1. The van der Waals surface area contributed by atoms with Gasteiger partial charge in [0, 0.05) is 18.2 Å². The van der Waals surface area contributed by atoms with Gasteiger partial charge in [0.2, 0.25) is 23.2 Å². The average molecular weight is 451 g/mol. The Morgan fingerprint density at radius 1 is 1.22 bits per heavy atom. The molecule has 2 heterocycles. The van der Waals surface area contributed by atoms with Crippen LogP contribution in [-0.4, -0.2) is 34.0 Å². The molecule has 7 nitrogen and oxygen atoms in total. The lowest BCUT2D eigenvalue weighted by Gasteiger charge is -2.30. The zero-order valence-corrected chi connectivity index (χ0v) is 19.6. The number of hydrogen-bond acceptors (Lipinski definition) is 7. The lowest BCUT2D eigenvalue weighted by molar-refractivity contribution is -0.118. The van der Waals surface area contributed by atoms with Crippen LogP contribution in [0, 0.1) is 12.8 Å². The van der Waals surface area contributed by atoms with Crippen molar-refractivity contribution in [2.75, 3.05) is 17.8 Å². The quantitative estimate of drug-likeness (QED) is 0.504. The maximum Gasteiger partial charge on any atom is 0.247 e. The first-order valence-corrected chi connectivity index (χ1v) is 11.5. The van der Waals surface area contributed by atoms with E-state index >= 15 is 0 Å². The SMILES string of the molecule is COc1ccccc1[C@H]1Oc2nc(SCC(C)C)nnc2-c2cc(C)ccc2N1C(C)=O. The zero-order chi connectivity index (χ0) is 22.8. The summed E-state index contributed by atoms with van der Waals surface area (Å²) >= 11 is 1.53. The molecule has 3 aromatic rings. The molecule has 0 unspecified atom stereocenters. The largest absolute Gasteiger partial charge is 0.496 e. The van der Waals surface area contributed by atoms with Gasteiger partial charge in [-0.1, -0.05) is 49.4 Å². The smallest absolute Gasteiger partial charge is 0.247 e. The Morgan fingerprint density at radius 3 is 2.72 bits per heavy atom. The number of aromatic nitrogens is 3. The molecule has 1 atom stereocenters. The zero-order valence-electron chi connectivity index (χ0n) is 18.8.